The second-order valence-electron chi connectivity index (χ2n) is 9.05. The number of ether oxygens (including phenoxy) is 2. The van der Waals surface area contributed by atoms with E-state index in [9.17, 15) is 14.4 Å². The first-order chi connectivity index (χ1) is 19.0. The predicted molar refractivity (Wildman–Crippen MR) is 150 cm³/mol. The van der Waals surface area contributed by atoms with Gasteiger partial charge in [0.1, 0.15) is 5.75 Å². The summed E-state index contributed by atoms with van der Waals surface area (Å²) in [5.74, 6) is -0.240. The number of nitrogens with zero attached hydrogens (tertiary/aromatic N) is 1. The largest absolute Gasteiger partial charge is 0.497 e. The summed E-state index contributed by atoms with van der Waals surface area (Å²) in [6.45, 7) is 4.45. The molecule has 0 aromatic heterocycles. The molecular formula is C31H33N3O5. The number of hydrogen-bond donors (Lipinski definition) is 2. The molecule has 0 fully saturated rings. The number of anilines is 1. The van der Waals surface area contributed by atoms with Gasteiger partial charge in [-0.05, 0) is 54.8 Å². The molecule has 8 nitrogen and oxygen atoms in total. The molecule has 2 N–H and O–H groups in total. The zero-order valence-corrected chi connectivity index (χ0v) is 22.4. The van der Waals surface area contributed by atoms with Gasteiger partial charge < -0.3 is 20.1 Å². The molecule has 0 saturated carbocycles. The molecule has 1 aliphatic rings. The van der Waals surface area contributed by atoms with E-state index in [1.165, 1.54) is 0 Å². The van der Waals surface area contributed by atoms with Crippen LogP contribution >= 0.6 is 0 Å². The fourth-order valence-corrected chi connectivity index (χ4v) is 4.53. The maximum absolute atomic E-state index is 13.5. The molecule has 0 aliphatic carbocycles. The number of amides is 3. The van der Waals surface area contributed by atoms with E-state index < -0.39 is 12.0 Å². The summed E-state index contributed by atoms with van der Waals surface area (Å²) in [6.07, 6.45) is 1.66. The highest BCUT2D eigenvalue weighted by molar-refractivity contribution is 6.06. The second kappa shape index (κ2) is 12.8. The molecule has 4 rings (SSSR count). The number of esters is 1. The van der Waals surface area contributed by atoms with Crippen molar-refractivity contribution in [3.05, 3.63) is 101 Å². The quantitative estimate of drug-likeness (QED) is 0.326. The molecular weight excluding hydrogens is 494 g/mol. The van der Waals surface area contributed by atoms with Gasteiger partial charge in [-0.15, -0.1) is 0 Å². The van der Waals surface area contributed by atoms with Crippen LogP contribution in [-0.4, -0.2) is 43.1 Å². The lowest BCUT2D eigenvalue weighted by Gasteiger charge is -2.37. The summed E-state index contributed by atoms with van der Waals surface area (Å²) in [5, 5.41) is 5.91. The maximum atomic E-state index is 13.5. The van der Waals surface area contributed by atoms with Crippen LogP contribution in [0.1, 0.15) is 54.2 Å². The van der Waals surface area contributed by atoms with E-state index in [4.69, 9.17) is 9.47 Å². The van der Waals surface area contributed by atoms with Crippen LogP contribution in [0.3, 0.4) is 0 Å². The first-order valence-electron chi connectivity index (χ1n) is 13.1. The molecule has 1 heterocycles. The van der Waals surface area contributed by atoms with Crippen LogP contribution in [0.25, 0.3) is 5.70 Å². The van der Waals surface area contributed by atoms with E-state index in [1.54, 1.807) is 61.4 Å². The van der Waals surface area contributed by atoms with Crippen LogP contribution in [0.15, 0.2) is 84.4 Å². The van der Waals surface area contributed by atoms with Crippen molar-refractivity contribution >= 4 is 29.3 Å². The number of rotatable bonds is 10. The van der Waals surface area contributed by atoms with Crippen molar-refractivity contribution in [1.29, 1.82) is 0 Å². The highest BCUT2D eigenvalue weighted by Crippen LogP contribution is 2.37. The summed E-state index contributed by atoms with van der Waals surface area (Å²) >= 11 is 0. The van der Waals surface area contributed by atoms with Gasteiger partial charge in [-0.3, -0.25) is 9.69 Å². The van der Waals surface area contributed by atoms with Gasteiger partial charge in [0.2, 0.25) is 0 Å². The highest BCUT2D eigenvalue weighted by Gasteiger charge is 2.38. The molecule has 1 unspecified atom stereocenters. The Bertz CT molecular complexity index is 1370. The molecule has 3 amide bonds. The Kier molecular flexibility index (Phi) is 8.99. The number of unbranched alkanes of at least 4 members (excludes halogenated alkanes) is 1. The molecule has 39 heavy (non-hydrogen) atoms. The van der Waals surface area contributed by atoms with Crippen molar-refractivity contribution in [2.45, 2.75) is 32.7 Å². The molecule has 0 bridgehead atoms. The number of carbonyl (C=O) groups excluding carboxylic acids is 3. The Morgan fingerprint density at radius 1 is 0.974 bits per heavy atom. The molecule has 0 radical (unpaired) electrons. The fourth-order valence-electron chi connectivity index (χ4n) is 4.53. The van der Waals surface area contributed by atoms with Gasteiger partial charge in [0.25, 0.3) is 5.91 Å². The summed E-state index contributed by atoms with van der Waals surface area (Å²) in [6, 6.07) is 22.3. The van der Waals surface area contributed by atoms with Crippen LogP contribution in [0.2, 0.25) is 0 Å². The maximum Gasteiger partial charge on any atom is 0.338 e. The average Bonchev–Trinajstić information content (AvgIpc) is 2.96. The topological polar surface area (TPSA) is 97.0 Å². The Balaban J connectivity index is 1.77. The van der Waals surface area contributed by atoms with E-state index in [0.717, 1.165) is 18.4 Å². The fraction of sp³-hybridized carbons (Fsp3) is 0.258. The number of nitrogens with one attached hydrogen (secondary N) is 2. The lowest BCUT2D eigenvalue weighted by molar-refractivity contribution is -0.138. The zero-order chi connectivity index (χ0) is 27.8. The number of methoxy groups -OCH3 is 1. The Morgan fingerprint density at radius 3 is 2.46 bits per heavy atom. The molecule has 3 aromatic carbocycles. The average molecular weight is 528 g/mol. The molecule has 202 valence electrons. The third-order valence-corrected chi connectivity index (χ3v) is 6.41. The lowest BCUT2D eigenvalue weighted by Crippen LogP contribution is -2.48. The summed E-state index contributed by atoms with van der Waals surface area (Å²) < 4.78 is 10.7. The van der Waals surface area contributed by atoms with Crippen LogP contribution in [0, 0.1) is 0 Å². The first kappa shape index (κ1) is 27.4. The standard InChI is InChI=1S/C31H33N3O5/c1-4-6-18-34-28(21-12-8-7-9-13-21)26(30(36)39-5-2)27(33-31(34)37)22-14-10-16-24(19-22)32-29(35)23-15-11-17-25(20-23)38-3/h7-17,19-20,27H,4-6,18H2,1-3H3,(H,32,35)(H,33,37). The van der Waals surface area contributed by atoms with E-state index in [0.29, 0.717) is 40.4 Å². The minimum Gasteiger partial charge on any atom is -0.497 e. The summed E-state index contributed by atoms with van der Waals surface area (Å²) in [7, 11) is 1.54. The van der Waals surface area contributed by atoms with Crippen molar-refractivity contribution in [3.8, 4) is 5.75 Å². The number of carbonyl (C=O) groups is 3. The van der Waals surface area contributed by atoms with E-state index in [2.05, 4.69) is 10.6 Å². The monoisotopic (exact) mass is 527 g/mol. The lowest BCUT2D eigenvalue weighted by atomic mass is 9.91. The first-order valence-corrected chi connectivity index (χ1v) is 13.1. The number of urea groups is 1. The molecule has 0 saturated heterocycles. The number of benzene rings is 3. The van der Waals surface area contributed by atoms with Gasteiger partial charge >= 0.3 is 12.0 Å². The summed E-state index contributed by atoms with van der Waals surface area (Å²) in [4.78, 5) is 41.5. The Hall–Kier alpha value is -4.59. The minimum atomic E-state index is -0.779. The molecule has 8 heteroatoms. The smallest absolute Gasteiger partial charge is 0.338 e. The van der Waals surface area contributed by atoms with Gasteiger partial charge in [-0.25, -0.2) is 9.59 Å². The molecule has 1 aliphatic heterocycles. The predicted octanol–water partition coefficient (Wildman–Crippen LogP) is 5.79. The Labute approximate surface area is 228 Å². The second-order valence-corrected chi connectivity index (χ2v) is 9.05. The van der Waals surface area contributed by atoms with Crippen LogP contribution in [0.5, 0.6) is 5.75 Å². The van der Waals surface area contributed by atoms with Gasteiger partial charge in [-0.2, -0.15) is 0 Å². The van der Waals surface area contributed by atoms with Gasteiger partial charge in [-0.1, -0.05) is 61.9 Å². The van der Waals surface area contributed by atoms with Crippen LogP contribution in [-0.2, 0) is 9.53 Å². The van der Waals surface area contributed by atoms with Crippen molar-refractivity contribution in [2.75, 3.05) is 25.6 Å². The molecule has 0 spiro atoms. The Morgan fingerprint density at radius 2 is 1.74 bits per heavy atom. The van der Waals surface area contributed by atoms with Gasteiger partial charge in [0.15, 0.2) is 0 Å². The van der Waals surface area contributed by atoms with Crippen molar-refractivity contribution < 1.29 is 23.9 Å². The van der Waals surface area contributed by atoms with Crippen molar-refractivity contribution in [2.24, 2.45) is 0 Å². The van der Waals surface area contributed by atoms with Crippen molar-refractivity contribution in [1.82, 2.24) is 10.2 Å². The van der Waals surface area contributed by atoms with Gasteiger partial charge in [0.05, 0.1) is 31.0 Å². The van der Waals surface area contributed by atoms with E-state index in [-0.39, 0.29) is 18.5 Å². The normalized spacial score (nSPS) is 15.0. The SMILES string of the molecule is CCCCN1C(=O)NC(c2cccc(NC(=O)c3cccc(OC)c3)c2)C(C(=O)OCC)=C1c1ccccc1. The minimum absolute atomic E-state index is 0.191. The van der Waals surface area contributed by atoms with Crippen LogP contribution in [0.4, 0.5) is 10.5 Å². The third kappa shape index (κ3) is 6.29. The summed E-state index contributed by atoms with van der Waals surface area (Å²) in [5.41, 5.74) is 3.22. The van der Waals surface area contributed by atoms with E-state index in [1.807, 2.05) is 43.3 Å². The van der Waals surface area contributed by atoms with E-state index >= 15 is 0 Å². The highest BCUT2D eigenvalue weighted by atomic mass is 16.5. The van der Waals surface area contributed by atoms with Gasteiger partial charge in [0, 0.05) is 17.8 Å². The van der Waals surface area contributed by atoms with Crippen LogP contribution < -0.4 is 15.4 Å². The third-order valence-electron chi connectivity index (χ3n) is 6.41. The zero-order valence-electron chi connectivity index (χ0n) is 22.4. The number of hydrogen-bond acceptors (Lipinski definition) is 5. The molecule has 1 atom stereocenters. The molecule has 3 aromatic rings. The van der Waals surface area contributed by atoms with Crippen molar-refractivity contribution in [3.63, 3.8) is 0 Å².